The van der Waals surface area contributed by atoms with E-state index in [1.54, 1.807) is 0 Å². The molecule has 0 amide bonds. The van der Waals surface area contributed by atoms with E-state index < -0.39 is 0 Å². The van der Waals surface area contributed by atoms with Crippen molar-refractivity contribution >= 4 is 16.6 Å². The number of H-pyrrole nitrogens is 1. The van der Waals surface area contributed by atoms with Gasteiger partial charge < -0.3 is 5.32 Å². The van der Waals surface area contributed by atoms with Crippen molar-refractivity contribution in [2.24, 2.45) is 0 Å². The number of halogens is 1. The van der Waals surface area contributed by atoms with Gasteiger partial charge in [-0.15, -0.1) is 0 Å². The maximum atomic E-state index is 13.0. The SMILES string of the molecule is Fc1ccc(CN2CCC(Nc3ccc4[nH]ncc4c3)C2)cc1. The zero-order chi connectivity index (χ0) is 15.6. The molecule has 2 aromatic carbocycles. The molecule has 0 aliphatic carbocycles. The molecule has 1 fully saturated rings. The molecule has 118 valence electrons. The van der Waals surface area contributed by atoms with E-state index in [1.165, 1.54) is 12.1 Å². The summed E-state index contributed by atoms with van der Waals surface area (Å²) in [7, 11) is 0. The Labute approximate surface area is 134 Å². The molecule has 2 N–H and O–H groups in total. The first kappa shape index (κ1) is 14.2. The third kappa shape index (κ3) is 3.19. The number of hydrogen-bond acceptors (Lipinski definition) is 3. The van der Waals surface area contributed by atoms with Gasteiger partial charge in [0.2, 0.25) is 0 Å². The Morgan fingerprint density at radius 3 is 2.96 bits per heavy atom. The summed E-state index contributed by atoms with van der Waals surface area (Å²) in [6.45, 7) is 2.93. The normalized spacial score (nSPS) is 18.6. The predicted molar refractivity (Wildman–Crippen MR) is 89.8 cm³/mol. The highest BCUT2D eigenvalue weighted by atomic mass is 19.1. The number of nitrogens with zero attached hydrogens (tertiary/aromatic N) is 2. The average molecular weight is 310 g/mol. The molecule has 5 heteroatoms. The van der Waals surface area contributed by atoms with Gasteiger partial charge in [0, 0.05) is 36.7 Å². The van der Waals surface area contributed by atoms with E-state index in [0.717, 1.165) is 48.2 Å². The Morgan fingerprint density at radius 1 is 1.22 bits per heavy atom. The first-order valence-corrected chi connectivity index (χ1v) is 7.93. The summed E-state index contributed by atoms with van der Waals surface area (Å²) < 4.78 is 13.0. The largest absolute Gasteiger partial charge is 0.381 e. The molecule has 4 rings (SSSR count). The molecule has 1 atom stereocenters. The molecule has 0 saturated carbocycles. The quantitative estimate of drug-likeness (QED) is 0.776. The molecule has 1 aliphatic heterocycles. The lowest BCUT2D eigenvalue weighted by atomic mass is 10.2. The molecular formula is C18H19FN4. The minimum absolute atomic E-state index is 0.177. The van der Waals surface area contributed by atoms with E-state index in [-0.39, 0.29) is 5.82 Å². The molecule has 4 nitrogen and oxygen atoms in total. The van der Waals surface area contributed by atoms with E-state index >= 15 is 0 Å². The number of aromatic nitrogens is 2. The Balaban J connectivity index is 1.37. The highest BCUT2D eigenvalue weighted by Gasteiger charge is 2.22. The topological polar surface area (TPSA) is 44.0 Å². The van der Waals surface area contributed by atoms with E-state index in [4.69, 9.17) is 0 Å². The molecule has 1 aliphatic rings. The van der Waals surface area contributed by atoms with Gasteiger partial charge in [-0.1, -0.05) is 12.1 Å². The van der Waals surface area contributed by atoms with E-state index in [9.17, 15) is 4.39 Å². The van der Waals surface area contributed by atoms with Crippen LogP contribution in [0.5, 0.6) is 0 Å². The second-order valence-corrected chi connectivity index (χ2v) is 6.16. The summed E-state index contributed by atoms with van der Waals surface area (Å²) >= 11 is 0. The van der Waals surface area contributed by atoms with Gasteiger partial charge in [0.1, 0.15) is 5.82 Å². The first-order valence-electron chi connectivity index (χ1n) is 7.93. The number of hydrogen-bond donors (Lipinski definition) is 2. The van der Waals surface area contributed by atoms with Crippen molar-refractivity contribution in [3.05, 3.63) is 60.0 Å². The molecular weight excluding hydrogens is 291 g/mol. The average Bonchev–Trinajstić information content (AvgIpc) is 3.18. The highest BCUT2D eigenvalue weighted by Crippen LogP contribution is 2.21. The number of likely N-dealkylation sites (tertiary alicyclic amines) is 1. The Hall–Kier alpha value is -2.40. The van der Waals surface area contributed by atoms with Crippen molar-refractivity contribution in [3.8, 4) is 0 Å². The van der Waals surface area contributed by atoms with Gasteiger partial charge in [0.25, 0.3) is 0 Å². The standard InChI is InChI=1S/C18H19FN4/c19-15-3-1-13(2-4-15)11-23-8-7-17(12-23)21-16-5-6-18-14(9-16)10-20-22-18/h1-6,9-10,17,21H,7-8,11-12H2,(H,20,22). The smallest absolute Gasteiger partial charge is 0.123 e. The summed E-state index contributed by atoms with van der Waals surface area (Å²) in [4.78, 5) is 2.40. The van der Waals surface area contributed by atoms with Gasteiger partial charge in [0.05, 0.1) is 11.7 Å². The third-order valence-electron chi connectivity index (χ3n) is 4.40. The van der Waals surface area contributed by atoms with Crippen LogP contribution in [-0.2, 0) is 6.54 Å². The van der Waals surface area contributed by atoms with Crippen molar-refractivity contribution in [2.75, 3.05) is 18.4 Å². The molecule has 3 aromatic rings. The van der Waals surface area contributed by atoms with Gasteiger partial charge in [-0.05, 0) is 42.3 Å². The van der Waals surface area contributed by atoms with Crippen LogP contribution >= 0.6 is 0 Å². The van der Waals surface area contributed by atoms with Crippen molar-refractivity contribution in [1.82, 2.24) is 15.1 Å². The van der Waals surface area contributed by atoms with E-state index in [2.05, 4.69) is 38.6 Å². The van der Waals surface area contributed by atoms with Gasteiger partial charge >= 0.3 is 0 Å². The van der Waals surface area contributed by atoms with Crippen LogP contribution in [0.4, 0.5) is 10.1 Å². The fourth-order valence-electron chi connectivity index (χ4n) is 3.21. The van der Waals surface area contributed by atoms with Crippen LogP contribution in [-0.4, -0.2) is 34.2 Å². The highest BCUT2D eigenvalue weighted by molar-refractivity contribution is 5.81. The van der Waals surface area contributed by atoms with Crippen LogP contribution < -0.4 is 5.32 Å². The fourth-order valence-corrected chi connectivity index (χ4v) is 3.21. The summed E-state index contributed by atoms with van der Waals surface area (Å²) in [6.07, 6.45) is 2.96. The van der Waals surface area contributed by atoms with Crippen LogP contribution in [0.3, 0.4) is 0 Å². The fraction of sp³-hybridized carbons (Fsp3) is 0.278. The molecule has 1 aromatic heterocycles. The first-order chi connectivity index (χ1) is 11.3. The summed E-state index contributed by atoms with van der Waals surface area (Å²) in [5.74, 6) is -0.177. The number of benzene rings is 2. The van der Waals surface area contributed by atoms with E-state index in [1.807, 2.05) is 18.3 Å². The third-order valence-corrected chi connectivity index (χ3v) is 4.40. The van der Waals surface area contributed by atoms with Crippen molar-refractivity contribution in [3.63, 3.8) is 0 Å². The molecule has 1 unspecified atom stereocenters. The van der Waals surface area contributed by atoms with Crippen molar-refractivity contribution < 1.29 is 4.39 Å². The number of anilines is 1. The van der Waals surface area contributed by atoms with Crippen molar-refractivity contribution in [1.29, 1.82) is 0 Å². The number of aromatic amines is 1. The minimum atomic E-state index is -0.177. The second kappa shape index (κ2) is 6.01. The van der Waals surface area contributed by atoms with Gasteiger partial charge in [-0.2, -0.15) is 5.10 Å². The van der Waals surface area contributed by atoms with Crippen LogP contribution in [0.15, 0.2) is 48.7 Å². The monoisotopic (exact) mass is 310 g/mol. The number of nitrogens with one attached hydrogen (secondary N) is 2. The molecule has 0 radical (unpaired) electrons. The molecule has 2 heterocycles. The van der Waals surface area contributed by atoms with Gasteiger partial charge in [0.15, 0.2) is 0 Å². The van der Waals surface area contributed by atoms with Gasteiger partial charge in [-0.3, -0.25) is 10.00 Å². The molecule has 23 heavy (non-hydrogen) atoms. The predicted octanol–water partition coefficient (Wildman–Crippen LogP) is 3.39. The van der Waals surface area contributed by atoms with Crippen molar-refractivity contribution in [2.45, 2.75) is 19.0 Å². The van der Waals surface area contributed by atoms with E-state index in [0.29, 0.717) is 6.04 Å². The number of rotatable bonds is 4. The zero-order valence-corrected chi connectivity index (χ0v) is 12.8. The summed E-state index contributed by atoms with van der Waals surface area (Å²) in [5, 5.41) is 11.7. The molecule has 1 saturated heterocycles. The van der Waals surface area contributed by atoms with Crippen LogP contribution in [0.1, 0.15) is 12.0 Å². The molecule has 0 bridgehead atoms. The Morgan fingerprint density at radius 2 is 2.09 bits per heavy atom. The lowest BCUT2D eigenvalue weighted by Gasteiger charge is -2.17. The molecule has 0 spiro atoms. The minimum Gasteiger partial charge on any atom is -0.381 e. The number of fused-ring (bicyclic) bond motifs is 1. The Kier molecular flexibility index (Phi) is 3.71. The summed E-state index contributed by atoms with van der Waals surface area (Å²) in [5.41, 5.74) is 3.35. The maximum Gasteiger partial charge on any atom is 0.123 e. The van der Waals surface area contributed by atoms with Gasteiger partial charge in [-0.25, -0.2) is 4.39 Å². The van der Waals surface area contributed by atoms with Crippen LogP contribution in [0.25, 0.3) is 10.9 Å². The maximum absolute atomic E-state index is 13.0. The van der Waals surface area contributed by atoms with Crippen LogP contribution in [0, 0.1) is 5.82 Å². The summed E-state index contributed by atoms with van der Waals surface area (Å²) in [6, 6.07) is 13.5. The van der Waals surface area contributed by atoms with Crippen LogP contribution in [0.2, 0.25) is 0 Å². The second-order valence-electron chi connectivity index (χ2n) is 6.16. The lowest BCUT2D eigenvalue weighted by molar-refractivity contribution is 0.328. The Bertz CT molecular complexity index is 796. The zero-order valence-electron chi connectivity index (χ0n) is 12.8. The lowest BCUT2D eigenvalue weighted by Crippen LogP contribution is -2.25.